The predicted molar refractivity (Wildman–Crippen MR) is 67.6 cm³/mol. The third-order valence-corrected chi connectivity index (χ3v) is 3.35. The zero-order valence-electron chi connectivity index (χ0n) is 10.2. The second-order valence-electron chi connectivity index (χ2n) is 4.62. The molecule has 0 unspecified atom stereocenters. The largest absolute Gasteiger partial charge is 0.356 e. The van der Waals surface area contributed by atoms with Gasteiger partial charge in [-0.2, -0.15) is 0 Å². The van der Waals surface area contributed by atoms with Gasteiger partial charge < -0.3 is 10.6 Å². The molecule has 1 aromatic heterocycles. The van der Waals surface area contributed by atoms with Gasteiger partial charge in [0.05, 0.1) is 0 Å². The minimum atomic E-state index is 0.124. The van der Waals surface area contributed by atoms with Gasteiger partial charge in [-0.25, -0.2) is 4.98 Å². The zero-order valence-corrected chi connectivity index (χ0v) is 10.2. The van der Waals surface area contributed by atoms with Crippen molar-refractivity contribution in [1.29, 1.82) is 0 Å². The van der Waals surface area contributed by atoms with Crippen molar-refractivity contribution in [3.05, 3.63) is 23.4 Å². The summed E-state index contributed by atoms with van der Waals surface area (Å²) in [7, 11) is 0. The van der Waals surface area contributed by atoms with Crippen LogP contribution in [0.3, 0.4) is 0 Å². The van der Waals surface area contributed by atoms with E-state index in [4.69, 9.17) is 5.73 Å². The van der Waals surface area contributed by atoms with Crippen molar-refractivity contribution in [2.45, 2.75) is 39.2 Å². The molecule has 0 bridgehead atoms. The molecule has 3 nitrogen and oxygen atoms in total. The maximum absolute atomic E-state index is 6.01. The van der Waals surface area contributed by atoms with E-state index in [1.807, 2.05) is 6.20 Å². The van der Waals surface area contributed by atoms with Gasteiger partial charge in [-0.05, 0) is 43.4 Å². The maximum Gasteiger partial charge on any atom is 0.131 e. The molecule has 1 atom stereocenters. The molecule has 2 N–H and O–H groups in total. The smallest absolute Gasteiger partial charge is 0.131 e. The number of aryl methyl sites for hydroxylation is 1. The molecule has 0 aliphatic carbocycles. The van der Waals surface area contributed by atoms with Crippen LogP contribution >= 0.6 is 0 Å². The highest BCUT2D eigenvalue weighted by Crippen LogP contribution is 2.24. The molecular weight excluding hydrogens is 198 g/mol. The Bertz CT molecular complexity index is 356. The summed E-state index contributed by atoms with van der Waals surface area (Å²) in [4.78, 5) is 6.95. The lowest BCUT2D eigenvalue weighted by atomic mass is 10.1. The van der Waals surface area contributed by atoms with E-state index in [0.29, 0.717) is 0 Å². The van der Waals surface area contributed by atoms with Gasteiger partial charge in [0.15, 0.2) is 0 Å². The number of rotatable bonds is 3. The van der Waals surface area contributed by atoms with Crippen molar-refractivity contribution >= 4 is 5.82 Å². The lowest BCUT2D eigenvalue weighted by molar-refractivity contribution is 0.693. The summed E-state index contributed by atoms with van der Waals surface area (Å²) in [5.41, 5.74) is 8.42. The van der Waals surface area contributed by atoms with E-state index in [2.05, 4.69) is 29.8 Å². The van der Waals surface area contributed by atoms with Crippen molar-refractivity contribution in [3.63, 3.8) is 0 Å². The summed E-state index contributed by atoms with van der Waals surface area (Å²) in [6, 6.07) is 2.31. The quantitative estimate of drug-likeness (QED) is 0.848. The maximum atomic E-state index is 6.01. The molecule has 0 amide bonds. The van der Waals surface area contributed by atoms with E-state index >= 15 is 0 Å². The Hall–Kier alpha value is -1.09. The average molecular weight is 219 g/mol. The van der Waals surface area contributed by atoms with Crippen molar-refractivity contribution in [3.8, 4) is 0 Å². The Kier molecular flexibility index (Phi) is 3.44. The summed E-state index contributed by atoms with van der Waals surface area (Å²) >= 11 is 0. The van der Waals surface area contributed by atoms with Crippen LogP contribution < -0.4 is 10.6 Å². The number of hydrogen-bond acceptors (Lipinski definition) is 3. The lowest BCUT2D eigenvalue weighted by Gasteiger charge is -2.20. The molecule has 1 saturated heterocycles. The molecule has 2 rings (SSSR count). The molecule has 0 saturated carbocycles. The first kappa shape index (κ1) is 11.4. The van der Waals surface area contributed by atoms with Crippen molar-refractivity contribution in [2.75, 3.05) is 18.0 Å². The van der Waals surface area contributed by atoms with E-state index in [1.54, 1.807) is 0 Å². The molecule has 2 heterocycles. The first-order valence-corrected chi connectivity index (χ1v) is 6.19. The molecule has 0 radical (unpaired) electrons. The summed E-state index contributed by atoms with van der Waals surface area (Å²) in [5, 5.41) is 0. The fourth-order valence-electron chi connectivity index (χ4n) is 2.29. The van der Waals surface area contributed by atoms with Gasteiger partial charge in [0, 0.05) is 25.3 Å². The number of aromatic nitrogens is 1. The molecule has 1 aliphatic heterocycles. The summed E-state index contributed by atoms with van der Waals surface area (Å²) < 4.78 is 0. The highest BCUT2D eigenvalue weighted by atomic mass is 15.2. The Morgan fingerprint density at radius 3 is 2.69 bits per heavy atom. The van der Waals surface area contributed by atoms with Gasteiger partial charge in [0.25, 0.3) is 0 Å². The van der Waals surface area contributed by atoms with Gasteiger partial charge in [-0.1, -0.05) is 6.92 Å². The fourth-order valence-corrected chi connectivity index (χ4v) is 2.29. The normalized spacial score (nSPS) is 17.8. The number of anilines is 1. The van der Waals surface area contributed by atoms with Gasteiger partial charge in [0.2, 0.25) is 0 Å². The highest BCUT2D eigenvalue weighted by Gasteiger charge is 2.16. The molecule has 3 heteroatoms. The van der Waals surface area contributed by atoms with E-state index < -0.39 is 0 Å². The topological polar surface area (TPSA) is 42.1 Å². The van der Waals surface area contributed by atoms with E-state index in [-0.39, 0.29) is 6.04 Å². The second kappa shape index (κ2) is 4.83. The van der Waals surface area contributed by atoms with Crippen LogP contribution in [0, 0.1) is 6.92 Å². The second-order valence-corrected chi connectivity index (χ2v) is 4.62. The Morgan fingerprint density at radius 2 is 2.12 bits per heavy atom. The molecule has 0 spiro atoms. The van der Waals surface area contributed by atoms with Crippen LogP contribution in [-0.4, -0.2) is 18.1 Å². The minimum Gasteiger partial charge on any atom is -0.356 e. The number of hydrogen-bond donors (Lipinski definition) is 1. The van der Waals surface area contributed by atoms with Crippen molar-refractivity contribution < 1.29 is 0 Å². The number of nitrogens with zero attached hydrogens (tertiary/aromatic N) is 2. The number of nitrogens with two attached hydrogens (primary N) is 1. The summed E-state index contributed by atoms with van der Waals surface area (Å²) in [6.07, 6.45) is 5.48. The summed E-state index contributed by atoms with van der Waals surface area (Å²) in [6.45, 7) is 6.53. The van der Waals surface area contributed by atoms with E-state index in [9.17, 15) is 0 Å². The standard InChI is InChI=1S/C13H21N3/c1-3-12(14)11-8-10(2)13(15-9-11)16-6-4-5-7-16/h8-9,12H,3-7,14H2,1-2H3/t12-/m1/s1. The van der Waals surface area contributed by atoms with Crippen LogP contribution in [0.1, 0.15) is 43.4 Å². The van der Waals surface area contributed by atoms with Crippen LogP contribution in [0.15, 0.2) is 12.3 Å². The van der Waals surface area contributed by atoms with Gasteiger partial charge in [-0.3, -0.25) is 0 Å². The van der Waals surface area contributed by atoms with Crippen LogP contribution in [0.5, 0.6) is 0 Å². The Morgan fingerprint density at radius 1 is 1.44 bits per heavy atom. The molecule has 1 aliphatic rings. The SMILES string of the molecule is CC[C@@H](N)c1cnc(N2CCCC2)c(C)c1. The van der Waals surface area contributed by atoms with Gasteiger partial charge in [-0.15, -0.1) is 0 Å². The van der Waals surface area contributed by atoms with Crippen molar-refractivity contribution in [1.82, 2.24) is 4.98 Å². The fraction of sp³-hybridized carbons (Fsp3) is 0.615. The Balaban J connectivity index is 2.22. The van der Waals surface area contributed by atoms with Crippen molar-refractivity contribution in [2.24, 2.45) is 5.73 Å². The van der Waals surface area contributed by atoms with Gasteiger partial charge >= 0.3 is 0 Å². The summed E-state index contributed by atoms with van der Waals surface area (Å²) in [5.74, 6) is 1.14. The van der Waals surface area contributed by atoms with Crippen LogP contribution in [0.2, 0.25) is 0 Å². The predicted octanol–water partition coefficient (Wildman–Crippen LogP) is 2.40. The monoisotopic (exact) mass is 219 g/mol. The van der Waals surface area contributed by atoms with Gasteiger partial charge in [0.1, 0.15) is 5.82 Å². The third kappa shape index (κ3) is 2.19. The molecule has 88 valence electrons. The highest BCUT2D eigenvalue weighted by molar-refractivity contribution is 5.48. The molecule has 1 fully saturated rings. The average Bonchev–Trinajstić information content (AvgIpc) is 2.81. The zero-order chi connectivity index (χ0) is 11.5. The molecule has 0 aromatic carbocycles. The van der Waals surface area contributed by atoms with Crippen LogP contribution in [0.4, 0.5) is 5.82 Å². The van der Waals surface area contributed by atoms with Crippen LogP contribution in [0.25, 0.3) is 0 Å². The number of pyridine rings is 1. The van der Waals surface area contributed by atoms with Crippen LogP contribution in [-0.2, 0) is 0 Å². The first-order valence-electron chi connectivity index (χ1n) is 6.19. The molecule has 1 aromatic rings. The first-order chi connectivity index (χ1) is 7.72. The molecule has 16 heavy (non-hydrogen) atoms. The lowest BCUT2D eigenvalue weighted by Crippen LogP contribution is -2.20. The third-order valence-electron chi connectivity index (χ3n) is 3.35. The Labute approximate surface area is 97.7 Å². The van der Waals surface area contributed by atoms with E-state index in [1.165, 1.54) is 18.4 Å². The minimum absolute atomic E-state index is 0.124. The van der Waals surface area contributed by atoms with E-state index in [0.717, 1.165) is 30.9 Å². The molecular formula is C13H21N3.